The molecular weight excluding hydrogens is 538 g/mol. The van der Waals surface area contributed by atoms with Crippen LogP contribution >= 0.6 is 0 Å². The Morgan fingerprint density at radius 2 is 1.33 bits per heavy atom. The van der Waals surface area contributed by atoms with E-state index in [0.717, 1.165) is 39.1 Å². The molecule has 0 aliphatic carbocycles. The lowest BCUT2D eigenvalue weighted by Crippen LogP contribution is -2.58. The summed E-state index contributed by atoms with van der Waals surface area (Å²) in [4.78, 5) is 43.9. The van der Waals surface area contributed by atoms with Gasteiger partial charge < -0.3 is 20.3 Å². The largest absolute Gasteiger partial charge is 0.444 e. The lowest BCUT2D eigenvalue weighted by atomic mass is 9.90. The van der Waals surface area contributed by atoms with E-state index in [2.05, 4.69) is 10.6 Å². The molecule has 0 aromatic heterocycles. The minimum Gasteiger partial charge on any atom is -0.444 e. The van der Waals surface area contributed by atoms with Gasteiger partial charge in [0.25, 0.3) is 5.91 Å². The van der Waals surface area contributed by atoms with Crippen molar-refractivity contribution in [1.29, 1.82) is 0 Å². The number of anilines is 1. The van der Waals surface area contributed by atoms with Gasteiger partial charge in [-0.2, -0.15) is 0 Å². The van der Waals surface area contributed by atoms with Gasteiger partial charge in [0.05, 0.1) is 0 Å². The molecule has 0 saturated heterocycles. The minimum absolute atomic E-state index is 0.226. The number of carbonyl (C=O) groups is 3. The molecule has 0 radical (unpaired) electrons. The second kappa shape index (κ2) is 13.4. The van der Waals surface area contributed by atoms with E-state index in [0.29, 0.717) is 0 Å². The van der Waals surface area contributed by atoms with Gasteiger partial charge in [-0.05, 0) is 103 Å². The highest BCUT2D eigenvalue weighted by molar-refractivity contribution is 6.00. The van der Waals surface area contributed by atoms with Crippen molar-refractivity contribution < 1.29 is 19.1 Å². The Labute approximate surface area is 257 Å². The third kappa shape index (κ3) is 8.69. The van der Waals surface area contributed by atoms with Gasteiger partial charge >= 0.3 is 6.09 Å². The van der Waals surface area contributed by atoms with Crippen molar-refractivity contribution in [1.82, 2.24) is 10.2 Å². The van der Waals surface area contributed by atoms with Gasteiger partial charge in [-0.3, -0.25) is 9.59 Å². The number of ether oxygens (including phenoxy) is 1. The zero-order valence-electron chi connectivity index (χ0n) is 27.3. The summed E-state index contributed by atoms with van der Waals surface area (Å²) in [6, 6.07) is 19.2. The molecular formula is C36H47N3O4. The number of hydrogen-bond donors (Lipinski definition) is 2. The average molecular weight is 586 g/mol. The quantitative estimate of drug-likeness (QED) is 0.289. The Hall–Kier alpha value is -4.13. The fourth-order valence-corrected chi connectivity index (χ4v) is 5.18. The van der Waals surface area contributed by atoms with E-state index >= 15 is 0 Å². The van der Waals surface area contributed by atoms with Crippen molar-refractivity contribution in [3.8, 4) is 0 Å². The molecule has 2 unspecified atom stereocenters. The molecule has 7 heteroatoms. The lowest BCUT2D eigenvalue weighted by molar-refractivity contribution is -0.146. The number of hydrogen-bond acceptors (Lipinski definition) is 4. The summed E-state index contributed by atoms with van der Waals surface area (Å²) in [7, 11) is 0. The van der Waals surface area contributed by atoms with Crippen LogP contribution in [0.2, 0.25) is 0 Å². The minimum atomic E-state index is -0.989. The number of nitrogens with zero attached hydrogens (tertiary/aromatic N) is 1. The van der Waals surface area contributed by atoms with E-state index in [9.17, 15) is 14.4 Å². The molecule has 7 nitrogen and oxygen atoms in total. The van der Waals surface area contributed by atoms with Crippen molar-refractivity contribution in [3.05, 3.63) is 100 Å². The number of aryl methyl sites for hydroxylation is 3. The summed E-state index contributed by atoms with van der Waals surface area (Å²) >= 11 is 0. The first-order valence-electron chi connectivity index (χ1n) is 14.8. The number of benzene rings is 3. The summed E-state index contributed by atoms with van der Waals surface area (Å²) in [5.41, 5.74) is 4.54. The van der Waals surface area contributed by atoms with E-state index in [4.69, 9.17) is 4.74 Å². The summed E-state index contributed by atoms with van der Waals surface area (Å²) in [5, 5.41) is 5.98. The smallest absolute Gasteiger partial charge is 0.408 e. The van der Waals surface area contributed by atoms with Crippen LogP contribution in [0.1, 0.15) is 81.0 Å². The van der Waals surface area contributed by atoms with Crippen LogP contribution in [0.3, 0.4) is 0 Å². The highest BCUT2D eigenvalue weighted by Crippen LogP contribution is 2.34. The number of alkyl carbamates (subject to hydrolysis) is 1. The van der Waals surface area contributed by atoms with Crippen molar-refractivity contribution in [2.24, 2.45) is 0 Å². The average Bonchev–Trinajstić information content (AvgIpc) is 2.89. The molecule has 2 atom stereocenters. The molecule has 0 heterocycles. The summed E-state index contributed by atoms with van der Waals surface area (Å²) < 4.78 is 5.55. The zero-order valence-corrected chi connectivity index (χ0v) is 27.3. The summed E-state index contributed by atoms with van der Waals surface area (Å²) in [6.45, 7) is 18.9. The second-order valence-electron chi connectivity index (χ2n) is 13.2. The molecule has 43 heavy (non-hydrogen) atoms. The number of amides is 3. The molecule has 0 aliphatic rings. The molecule has 0 fully saturated rings. The SMILES string of the molecule is Cc1cccc(C(C(=O)Nc2c(C)cccc2C)N(C(=O)C(Cc2ccccc2)NC(=O)OC(C)(C)C)C(C)(C)C)c1C. The van der Waals surface area contributed by atoms with E-state index in [-0.39, 0.29) is 18.2 Å². The van der Waals surface area contributed by atoms with Crippen LogP contribution in [0.5, 0.6) is 0 Å². The second-order valence-corrected chi connectivity index (χ2v) is 13.2. The van der Waals surface area contributed by atoms with Gasteiger partial charge in [0.2, 0.25) is 5.91 Å². The Morgan fingerprint density at radius 3 is 1.88 bits per heavy atom. The van der Waals surface area contributed by atoms with E-state index < -0.39 is 29.3 Å². The molecule has 0 spiro atoms. The molecule has 0 aliphatic heterocycles. The van der Waals surface area contributed by atoms with Gasteiger partial charge in [-0.15, -0.1) is 0 Å². The molecule has 230 valence electrons. The predicted octanol–water partition coefficient (Wildman–Crippen LogP) is 7.36. The van der Waals surface area contributed by atoms with E-state index in [1.807, 2.05) is 115 Å². The fraction of sp³-hybridized carbons (Fsp3) is 0.417. The van der Waals surface area contributed by atoms with Crippen LogP contribution in [0.15, 0.2) is 66.7 Å². The van der Waals surface area contributed by atoms with Crippen LogP contribution in [-0.2, 0) is 20.7 Å². The highest BCUT2D eigenvalue weighted by Gasteiger charge is 2.42. The Balaban J connectivity index is 2.17. The Morgan fingerprint density at radius 1 is 0.767 bits per heavy atom. The van der Waals surface area contributed by atoms with Crippen LogP contribution in [0.25, 0.3) is 0 Å². The number of nitrogens with one attached hydrogen (secondary N) is 2. The first-order valence-corrected chi connectivity index (χ1v) is 14.8. The van der Waals surface area contributed by atoms with Crippen molar-refractivity contribution in [2.45, 2.75) is 98.9 Å². The predicted molar refractivity (Wildman–Crippen MR) is 173 cm³/mol. The number of rotatable bonds is 8. The first-order chi connectivity index (χ1) is 20.0. The maximum atomic E-state index is 14.8. The van der Waals surface area contributed by atoms with Crippen LogP contribution in [0, 0.1) is 27.7 Å². The van der Waals surface area contributed by atoms with Crippen LogP contribution < -0.4 is 10.6 Å². The maximum absolute atomic E-state index is 14.8. The number of para-hydroxylation sites is 1. The molecule has 3 amide bonds. The summed E-state index contributed by atoms with van der Waals surface area (Å²) in [5.74, 6) is -0.713. The highest BCUT2D eigenvalue weighted by atomic mass is 16.6. The molecule has 0 bridgehead atoms. The van der Waals surface area contributed by atoms with Crippen molar-refractivity contribution in [2.75, 3.05) is 5.32 Å². The molecule has 3 rings (SSSR count). The van der Waals surface area contributed by atoms with E-state index in [1.54, 1.807) is 25.7 Å². The Kier molecular flexibility index (Phi) is 10.4. The third-order valence-corrected chi connectivity index (χ3v) is 7.41. The first kappa shape index (κ1) is 33.4. The van der Waals surface area contributed by atoms with Crippen molar-refractivity contribution in [3.63, 3.8) is 0 Å². The molecule has 3 aromatic carbocycles. The van der Waals surface area contributed by atoms with Gasteiger partial charge in [-0.25, -0.2) is 4.79 Å². The number of carbonyl (C=O) groups excluding carboxylic acids is 3. The van der Waals surface area contributed by atoms with Crippen LogP contribution in [0.4, 0.5) is 10.5 Å². The van der Waals surface area contributed by atoms with E-state index in [1.165, 1.54) is 0 Å². The maximum Gasteiger partial charge on any atom is 0.408 e. The van der Waals surface area contributed by atoms with Gasteiger partial charge in [0, 0.05) is 17.6 Å². The molecule has 3 aromatic rings. The third-order valence-electron chi connectivity index (χ3n) is 7.41. The monoisotopic (exact) mass is 585 g/mol. The van der Waals surface area contributed by atoms with Gasteiger partial charge in [-0.1, -0.05) is 66.7 Å². The molecule has 0 saturated carbocycles. The zero-order chi connectivity index (χ0) is 32.1. The molecule has 2 N–H and O–H groups in total. The van der Waals surface area contributed by atoms with Crippen molar-refractivity contribution >= 4 is 23.6 Å². The normalized spacial score (nSPS) is 13.1. The fourth-order valence-electron chi connectivity index (χ4n) is 5.18. The summed E-state index contributed by atoms with van der Waals surface area (Å²) in [6.07, 6.45) is -0.470. The lowest BCUT2D eigenvalue weighted by Gasteiger charge is -2.43. The van der Waals surface area contributed by atoms with Crippen LogP contribution in [-0.4, -0.2) is 40.0 Å². The standard InChI is InChI=1S/C36H47N3O4/c1-23-16-15-21-28(26(23)4)31(32(40)38-30-24(2)17-14-18-25(30)3)39(35(5,6)7)33(41)29(22-27-19-12-11-13-20-27)37-34(42)43-36(8,9)10/h11-21,29,31H,22H2,1-10H3,(H,37,42)(H,38,40). The Bertz CT molecular complexity index is 1430. The topological polar surface area (TPSA) is 87.7 Å². The van der Waals surface area contributed by atoms with Gasteiger partial charge in [0.1, 0.15) is 17.7 Å². The van der Waals surface area contributed by atoms with Gasteiger partial charge in [0.15, 0.2) is 0 Å².